The van der Waals surface area contributed by atoms with Crippen LogP contribution < -0.4 is 0 Å². The lowest BCUT2D eigenvalue weighted by Gasteiger charge is -2.28. The van der Waals surface area contributed by atoms with Crippen molar-refractivity contribution in [3.8, 4) is 0 Å². The maximum atomic E-state index is 12.6. The van der Waals surface area contributed by atoms with E-state index in [-0.39, 0.29) is 16.8 Å². The highest BCUT2D eigenvalue weighted by atomic mass is 35.7. The zero-order chi connectivity index (χ0) is 15.5. The van der Waals surface area contributed by atoms with Crippen LogP contribution in [0.4, 0.5) is 0 Å². The summed E-state index contributed by atoms with van der Waals surface area (Å²) < 4.78 is 22.8. The molecule has 4 nitrogen and oxygen atoms in total. The molecular weight excluding hydrogens is 298 g/mol. The lowest BCUT2D eigenvalue weighted by atomic mass is 10.1. The van der Waals surface area contributed by atoms with Gasteiger partial charge >= 0.3 is 0 Å². The van der Waals surface area contributed by atoms with Gasteiger partial charge in [0.2, 0.25) is 0 Å². The quantitative estimate of drug-likeness (QED) is 0.784. The second-order valence-corrected chi connectivity index (χ2v) is 7.33. The summed E-state index contributed by atoms with van der Waals surface area (Å²) in [5.41, 5.74) is 1.12. The van der Waals surface area contributed by atoms with Crippen molar-refractivity contribution < 1.29 is 13.2 Å². The number of amides is 1. The standard InChI is InChI=1S/C14H20ClNO3S/c1-5-11(4)16(6-2)14(17)13-9-12(20(15,18)19)8-7-10(13)3/h7-9,11H,5-6H2,1-4H3. The average molecular weight is 318 g/mol. The Bertz CT molecular complexity index is 598. The second kappa shape index (κ2) is 6.59. The highest BCUT2D eigenvalue weighted by molar-refractivity contribution is 8.13. The molecule has 1 aromatic carbocycles. The first-order valence-electron chi connectivity index (χ1n) is 6.58. The number of nitrogens with zero attached hydrogens (tertiary/aromatic N) is 1. The predicted octanol–water partition coefficient (Wildman–Crippen LogP) is 3.18. The van der Waals surface area contributed by atoms with E-state index in [2.05, 4.69) is 0 Å². The molecule has 0 saturated carbocycles. The average Bonchev–Trinajstić information content (AvgIpc) is 2.38. The second-order valence-electron chi connectivity index (χ2n) is 4.76. The van der Waals surface area contributed by atoms with Gasteiger partial charge in [0, 0.05) is 28.8 Å². The van der Waals surface area contributed by atoms with Gasteiger partial charge in [0.1, 0.15) is 0 Å². The predicted molar refractivity (Wildman–Crippen MR) is 80.7 cm³/mol. The Hall–Kier alpha value is -1.07. The van der Waals surface area contributed by atoms with E-state index in [1.807, 2.05) is 20.8 Å². The van der Waals surface area contributed by atoms with Gasteiger partial charge in [0.15, 0.2) is 0 Å². The first kappa shape index (κ1) is 17.0. The lowest BCUT2D eigenvalue weighted by molar-refractivity contribution is 0.0699. The fourth-order valence-electron chi connectivity index (χ4n) is 2.01. The van der Waals surface area contributed by atoms with Crippen LogP contribution >= 0.6 is 10.7 Å². The van der Waals surface area contributed by atoms with Crippen molar-refractivity contribution in [2.75, 3.05) is 6.54 Å². The Morgan fingerprint density at radius 1 is 1.35 bits per heavy atom. The molecule has 1 atom stereocenters. The van der Waals surface area contributed by atoms with Crippen molar-refractivity contribution in [2.45, 2.75) is 45.1 Å². The number of benzene rings is 1. The van der Waals surface area contributed by atoms with E-state index in [0.717, 1.165) is 12.0 Å². The van der Waals surface area contributed by atoms with Gasteiger partial charge in [-0.15, -0.1) is 0 Å². The van der Waals surface area contributed by atoms with Crippen molar-refractivity contribution in [3.05, 3.63) is 29.3 Å². The Balaban J connectivity index is 3.28. The number of rotatable bonds is 5. The number of carbonyl (C=O) groups is 1. The number of carbonyl (C=O) groups excluding carboxylic acids is 1. The third-order valence-electron chi connectivity index (χ3n) is 3.45. The molecule has 0 radical (unpaired) electrons. The van der Waals surface area contributed by atoms with Crippen molar-refractivity contribution in [1.82, 2.24) is 4.90 Å². The van der Waals surface area contributed by atoms with Crippen LogP contribution in [0.2, 0.25) is 0 Å². The Morgan fingerprint density at radius 3 is 2.40 bits per heavy atom. The van der Waals surface area contributed by atoms with Crippen molar-refractivity contribution in [3.63, 3.8) is 0 Å². The number of halogens is 1. The molecule has 0 bridgehead atoms. The minimum absolute atomic E-state index is 0.0479. The van der Waals surface area contributed by atoms with Crippen molar-refractivity contribution in [2.24, 2.45) is 0 Å². The summed E-state index contributed by atoms with van der Waals surface area (Å²) in [6.07, 6.45) is 0.839. The lowest BCUT2D eigenvalue weighted by Crippen LogP contribution is -2.38. The van der Waals surface area contributed by atoms with Gasteiger partial charge in [-0.2, -0.15) is 0 Å². The zero-order valence-electron chi connectivity index (χ0n) is 12.2. The maximum absolute atomic E-state index is 12.6. The topological polar surface area (TPSA) is 54.5 Å². The van der Waals surface area contributed by atoms with Gasteiger partial charge < -0.3 is 4.90 Å². The van der Waals surface area contributed by atoms with E-state index >= 15 is 0 Å². The summed E-state index contributed by atoms with van der Waals surface area (Å²) in [5.74, 6) is -0.165. The van der Waals surface area contributed by atoms with Gasteiger partial charge in [-0.05, 0) is 44.9 Å². The van der Waals surface area contributed by atoms with E-state index in [0.29, 0.717) is 12.1 Å². The third-order valence-corrected chi connectivity index (χ3v) is 4.80. The molecular formula is C14H20ClNO3S. The monoisotopic (exact) mass is 317 g/mol. The third kappa shape index (κ3) is 3.73. The molecule has 6 heteroatoms. The van der Waals surface area contributed by atoms with Crippen LogP contribution in [-0.2, 0) is 9.05 Å². The first-order chi connectivity index (χ1) is 9.22. The summed E-state index contributed by atoms with van der Waals surface area (Å²) in [5, 5.41) is 0. The molecule has 20 heavy (non-hydrogen) atoms. The summed E-state index contributed by atoms with van der Waals surface area (Å²) in [6, 6.07) is 4.47. The number of hydrogen-bond donors (Lipinski definition) is 0. The number of aryl methyl sites for hydroxylation is 1. The van der Waals surface area contributed by atoms with E-state index in [1.54, 1.807) is 17.9 Å². The fraction of sp³-hybridized carbons (Fsp3) is 0.500. The molecule has 0 aliphatic carbocycles. The van der Waals surface area contributed by atoms with Crippen LogP contribution in [0, 0.1) is 6.92 Å². The summed E-state index contributed by atoms with van der Waals surface area (Å²) in [7, 11) is 1.51. The van der Waals surface area contributed by atoms with Crippen LogP contribution in [0.25, 0.3) is 0 Å². The SMILES string of the molecule is CCC(C)N(CC)C(=O)c1cc(S(=O)(=O)Cl)ccc1C. The van der Waals surface area contributed by atoms with Gasteiger partial charge in [-0.25, -0.2) is 8.42 Å². The summed E-state index contributed by atoms with van der Waals surface area (Å²) in [6.45, 7) is 8.24. The molecule has 1 unspecified atom stereocenters. The largest absolute Gasteiger partial charge is 0.336 e. The molecule has 0 aliphatic rings. The van der Waals surface area contributed by atoms with Crippen molar-refractivity contribution in [1.29, 1.82) is 0 Å². The highest BCUT2D eigenvalue weighted by Gasteiger charge is 2.22. The molecule has 1 rings (SSSR count). The highest BCUT2D eigenvalue weighted by Crippen LogP contribution is 2.21. The Kier molecular flexibility index (Phi) is 5.59. The smallest absolute Gasteiger partial charge is 0.261 e. The van der Waals surface area contributed by atoms with Crippen LogP contribution in [0.1, 0.15) is 43.1 Å². The van der Waals surface area contributed by atoms with Gasteiger partial charge in [0.25, 0.3) is 15.0 Å². The molecule has 1 aromatic rings. The van der Waals surface area contributed by atoms with Crippen LogP contribution in [0.3, 0.4) is 0 Å². The van der Waals surface area contributed by atoms with Gasteiger partial charge in [-0.3, -0.25) is 4.79 Å². The zero-order valence-corrected chi connectivity index (χ0v) is 13.8. The Labute approximate surface area is 125 Å². The minimum atomic E-state index is -3.83. The van der Waals surface area contributed by atoms with Gasteiger partial charge in [-0.1, -0.05) is 13.0 Å². The normalized spacial score (nSPS) is 13.1. The summed E-state index contributed by atoms with van der Waals surface area (Å²) in [4.78, 5) is 14.2. The molecule has 1 amide bonds. The Morgan fingerprint density at radius 2 is 1.95 bits per heavy atom. The molecule has 112 valence electrons. The van der Waals surface area contributed by atoms with Gasteiger partial charge in [0.05, 0.1) is 4.90 Å². The minimum Gasteiger partial charge on any atom is -0.336 e. The van der Waals surface area contributed by atoms with Crippen LogP contribution in [0.15, 0.2) is 23.1 Å². The molecule has 0 heterocycles. The first-order valence-corrected chi connectivity index (χ1v) is 8.89. The maximum Gasteiger partial charge on any atom is 0.261 e. The fourth-order valence-corrected chi connectivity index (χ4v) is 2.79. The van der Waals surface area contributed by atoms with E-state index < -0.39 is 9.05 Å². The molecule has 0 fully saturated rings. The van der Waals surface area contributed by atoms with Crippen molar-refractivity contribution >= 4 is 25.6 Å². The molecule has 0 aliphatic heterocycles. The van der Waals surface area contributed by atoms with E-state index in [4.69, 9.17) is 10.7 Å². The molecule has 0 saturated heterocycles. The number of hydrogen-bond acceptors (Lipinski definition) is 3. The molecule has 0 N–H and O–H groups in total. The van der Waals surface area contributed by atoms with Crippen LogP contribution in [0.5, 0.6) is 0 Å². The van der Waals surface area contributed by atoms with Crippen LogP contribution in [-0.4, -0.2) is 31.8 Å². The molecule has 0 spiro atoms. The van der Waals surface area contributed by atoms with E-state index in [1.165, 1.54) is 12.1 Å². The summed E-state index contributed by atoms with van der Waals surface area (Å²) >= 11 is 0. The van der Waals surface area contributed by atoms with E-state index in [9.17, 15) is 13.2 Å². The molecule has 0 aromatic heterocycles.